The maximum absolute atomic E-state index is 12.7. The molecule has 20 heavy (non-hydrogen) atoms. The van der Waals surface area contributed by atoms with Crippen molar-refractivity contribution in [2.45, 2.75) is 12.5 Å². The third kappa shape index (κ3) is 1.72. The van der Waals surface area contributed by atoms with Crippen LogP contribution in [0.15, 0.2) is 53.0 Å². The fourth-order valence-corrected chi connectivity index (χ4v) is 3.09. The number of fused-ring (bicyclic) bond motifs is 1. The molecule has 1 atom stereocenters. The van der Waals surface area contributed by atoms with Crippen LogP contribution in [-0.2, 0) is 10.4 Å². The van der Waals surface area contributed by atoms with Gasteiger partial charge in [0.2, 0.25) is 0 Å². The molecule has 3 nitrogen and oxygen atoms in total. The molecule has 1 amide bonds. The number of amides is 1. The highest BCUT2D eigenvalue weighted by Gasteiger charge is 2.50. The molecule has 1 N–H and O–H groups in total. The van der Waals surface area contributed by atoms with Gasteiger partial charge in [0.15, 0.2) is 5.60 Å². The molecule has 0 fully saturated rings. The number of benzene rings is 2. The summed E-state index contributed by atoms with van der Waals surface area (Å²) in [6.07, 6.45) is 0. The number of carbonyl (C=O) groups is 1. The fourth-order valence-electron chi connectivity index (χ4n) is 2.73. The Balaban J connectivity index is 2.27. The van der Waals surface area contributed by atoms with Crippen LogP contribution in [-0.4, -0.2) is 17.6 Å². The van der Waals surface area contributed by atoms with Gasteiger partial charge in [0, 0.05) is 16.6 Å². The lowest BCUT2D eigenvalue weighted by Gasteiger charge is -2.23. The molecular formula is C16H14BrNO2. The first-order valence-electron chi connectivity index (χ1n) is 6.49. The number of hydrogen-bond donors (Lipinski definition) is 1. The van der Waals surface area contributed by atoms with Crippen LogP contribution in [0.2, 0.25) is 0 Å². The van der Waals surface area contributed by atoms with E-state index in [0.29, 0.717) is 17.7 Å². The van der Waals surface area contributed by atoms with Gasteiger partial charge in [-0.25, -0.2) is 0 Å². The quantitative estimate of drug-likeness (QED) is 0.918. The van der Waals surface area contributed by atoms with E-state index in [1.54, 1.807) is 17.0 Å². The Labute approximate surface area is 126 Å². The molecular weight excluding hydrogens is 318 g/mol. The molecule has 4 heteroatoms. The number of likely N-dealkylation sites (N-methyl/N-ethyl adjacent to an activating group) is 1. The summed E-state index contributed by atoms with van der Waals surface area (Å²) in [5, 5.41) is 11.1. The minimum atomic E-state index is -1.60. The van der Waals surface area contributed by atoms with E-state index >= 15 is 0 Å². The molecule has 2 aromatic carbocycles. The zero-order valence-electron chi connectivity index (χ0n) is 11.0. The lowest BCUT2D eigenvalue weighted by molar-refractivity contribution is -0.132. The van der Waals surface area contributed by atoms with Gasteiger partial charge in [0.05, 0.1) is 5.69 Å². The van der Waals surface area contributed by atoms with E-state index in [1.165, 1.54) is 0 Å². The first kappa shape index (κ1) is 13.3. The summed E-state index contributed by atoms with van der Waals surface area (Å²) in [5.41, 5.74) is 0.397. The fraction of sp³-hybridized carbons (Fsp3) is 0.188. The van der Waals surface area contributed by atoms with Crippen molar-refractivity contribution in [3.8, 4) is 0 Å². The number of aliphatic hydroxyl groups is 1. The number of carbonyl (C=O) groups excluding carboxylic acids is 1. The van der Waals surface area contributed by atoms with Crippen LogP contribution in [0, 0.1) is 0 Å². The number of rotatable bonds is 2. The molecule has 1 heterocycles. The summed E-state index contributed by atoms with van der Waals surface area (Å²) in [6.45, 7) is 2.43. The van der Waals surface area contributed by atoms with E-state index in [0.717, 1.165) is 10.2 Å². The summed E-state index contributed by atoms with van der Waals surface area (Å²) >= 11 is 3.41. The van der Waals surface area contributed by atoms with Gasteiger partial charge in [-0.05, 0) is 30.7 Å². The monoisotopic (exact) mass is 331 g/mol. The Morgan fingerprint density at radius 2 is 1.90 bits per heavy atom. The minimum Gasteiger partial charge on any atom is -0.372 e. The Morgan fingerprint density at radius 1 is 1.20 bits per heavy atom. The second-order valence-electron chi connectivity index (χ2n) is 4.79. The Hall–Kier alpha value is -1.65. The van der Waals surface area contributed by atoms with E-state index in [4.69, 9.17) is 0 Å². The third-order valence-corrected chi connectivity index (χ3v) is 4.19. The maximum Gasteiger partial charge on any atom is 0.268 e. The van der Waals surface area contributed by atoms with Gasteiger partial charge in [0.25, 0.3) is 5.91 Å². The summed E-state index contributed by atoms with van der Waals surface area (Å²) in [7, 11) is 0. The van der Waals surface area contributed by atoms with E-state index in [2.05, 4.69) is 15.9 Å². The first-order valence-corrected chi connectivity index (χ1v) is 7.28. The van der Waals surface area contributed by atoms with Gasteiger partial charge in [-0.1, -0.05) is 46.3 Å². The molecule has 2 aromatic rings. The molecule has 1 aliphatic rings. The standard InChI is InChI=1S/C16H14BrNO2/c1-2-18-14-9-8-12(17)10-13(14)16(20,15(18)19)11-6-4-3-5-7-11/h3-10,20H,2H2,1H3. The smallest absolute Gasteiger partial charge is 0.268 e. The molecule has 0 saturated carbocycles. The average Bonchev–Trinajstić information content (AvgIpc) is 2.69. The average molecular weight is 332 g/mol. The van der Waals surface area contributed by atoms with Crippen LogP contribution in [0.5, 0.6) is 0 Å². The van der Waals surface area contributed by atoms with Gasteiger partial charge >= 0.3 is 0 Å². The van der Waals surface area contributed by atoms with Crippen LogP contribution in [0.4, 0.5) is 5.69 Å². The van der Waals surface area contributed by atoms with Crippen LogP contribution in [0.3, 0.4) is 0 Å². The van der Waals surface area contributed by atoms with Gasteiger partial charge in [-0.3, -0.25) is 4.79 Å². The summed E-state index contributed by atoms with van der Waals surface area (Å²) < 4.78 is 0.844. The third-order valence-electron chi connectivity index (χ3n) is 3.70. The first-order chi connectivity index (χ1) is 9.59. The molecule has 0 radical (unpaired) electrons. The number of halogens is 1. The molecule has 3 rings (SSSR count). The zero-order chi connectivity index (χ0) is 14.3. The highest BCUT2D eigenvalue weighted by molar-refractivity contribution is 9.10. The van der Waals surface area contributed by atoms with Crippen LogP contribution < -0.4 is 4.90 Å². The highest BCUT2D eigenvalue weighted by atomic mass is 79.9. The van der Waals surface area contributed by atoms with Crippen molar-refractivity contribution < 1.29 is 9.90 Å². The van der Waals surface area contributed by atoms with Gasteiger partial charge in [-0.2, -0.15) is 0 Å². The Kier molecular flexibility index (Phi) is 3.15. The SMILES string of the molecule is CCN1C(=O)C(O)(c2ccccc2)c2cc(Br)ccc21. The van der Waals surface area contributed by atoms with Crippen molar-refractivity contribution in [2.24, 2.45) is 0 Å². The topological polar surface area (TPSA) is 40.5 Å². The maximum atomic E-state index is 12.7. The molecule has 0 spiro atoms. The van der Waals surface area contributed by atoms with Crippen molar-refractivity contribution in [3.05, 3.63) is 64.1 Å². The van der Waals surface area contributed by atoms with E-state index in [-0.39, 0.29) is 5.91 Å². The van der Waals surface area contributed by atoms with Gasteiger partial charge < -0.3 is 10.0 Å². The minimum absolute atomic E-state index is 0.292. The highest BCUT2D eigenvalue weighted by Crippen LogP contribution is 2.45. The molecule has 0 aliphatic carbocycles. The van der Waals surface area contributed by atoms with Crippen LogP contribution in [0.25, 0.3) is 0 Å². The predicted octanol–water partition coefficient (Wildman–Crippen LogP) is 3.05. The van der Waals surface area contributed by atoms with Crippen LogP contribution >= 0.6 is 15.9 Å². The normalized spacial score (nSPS) is 21.1. The predicted molar refractivity (Wildman–Crippen MR) is 81.6 cm³/mol. The molecule has 102 valence electrons. The van der Waals surface area contributed by atoms with Crippen molar-refractivity contribution in [3.63, 3.8) is 0 Å². The zero-order valence-corrected chi connectivity index (χ0v) is 12.6. The van der Waals surface area contributed by atoms with Gasteiger partial charge in [0.1, 0.15) is 0 Å². The molecule has 1 aliphatic heterocycles. The van der Waals surface area contributed by atoms with Gasteiger partial charge in [-0.15, -0.1) is 0 Å². The Morgan fingerprint density at radius 3 is 2.55 bits per heavy atom. The number of nitrogens with zero attached hydrogens (tertiary/aromatic N) is 1. The van der Waals surface area contributed by atoms with E-state index < -0.39 is 5.60 Å². The molecule has 0 bridgehead atoms. The van der Waals surface area contributed by atoms with Crippen molar-refractivity contribution in [1.29, 1.82) is 0 Å². The lowest BCUT2D eigenvalue weighted by atomic mass is 9.88. The van der Waals surface area contributed by atoms with E-state index in [9.17, 15) is 9.90 Å². The molecule has 0 aromatic heterocycles. The van der Waals surface area contributed by atoms with Crippen molar-refractivity contribution >= 4 is 27.5 Å². The summed E-state index contributed by atoms with van der Waals surface area (Å²) in [5.74, 6) is -0.292. The number of anilines is 1. The largest absolute Gasteiger partial charge is 0.372 e. The molecule has 0 saturated heterocycles. The molecule has 1 unspecified atom stereocenters. The van der Waals surface area contributed by atoms with Crippen LogP contribution in [0.1, 0.15) is 18.1 Å². The van der Waals surface area contributed by atoms with Crippen molar-refractivity contribution in [1.82, 2.24) is 0 Å². The summed E-state index contributed by atoms with van der Waals surface area (Å²) in [4.78, 5) is 14.3. The second kappa shape index (κ2) is 4.72. The number of hydrogen-bond acceptors (Lipinski definition) is 2. The van der Waals surface area contributed by atoms with E-state index in [1.807, 2.05) is 43.3 Å². The second-order valence-corrected chi connectivity index (χ2v) is 5.70. The lowest BCUT2D eigenvalue weighted by Crippen LogP contribution is -2.41. The summed E-state index contributed by atoms with van der Waals surface area (Å²) in [6, 6.07) is 14.6. The van der Waals surface area contributed by atoms with Crippen molar-refractivity contribution in [2.75, 3.05) is 11.4 Å². The Bertz CT molecular complexity index is 671.